The van der Waals surface area contributed by atoms with Crippen molar-refractivity contribution in [2.24, 2.45) is 0 Å². The van der Waals surface area contributed by atoms with E-state index in [1.54, 1.807) is 12.2 Å². The van der Waals surface area contributed by atoms with E-state index in [-0.39, 0.29) is 10.7 Å². The number of nitrogens with one attached hydrogen (secondary N) is 2. The molecule has 2 rings (SSSR count). The Morgan fingerprint density at radius 3 is 2.31 bits per heavy atom. The van der Waals surface area contributed by atoms with Crippen LogP contribution in [-0.4, -0.2) is 35.8 Å². The maximum Gasteiger partial charge on any atom is 0.442 e. The maximum atomic E-state index is 13.8. The van der Waals surface area contributed by atoms with Crippen molar-refractivity contribution in [1.82, 2.24) is 10.3 Å². The highest BCUT2D eigenvalue weighted by molar-refractivity contribution is 7.15. The van der Waals surface area contributed by atoms with E-state index in [4.69, 9.17) is 11.6 Å². The van der Waals surface area contributed by atoms with Gasteiger partial charge in [-0.05, 0) is 31.2 Å². The third kappa shape index (κ3) is 4.07. The number of aromatic nitrogens is 1. The van der Waals surface area contributed by atoms with Crippen molar-refractivity contribution in [3.8, 4) is 0 Å². The van der Waals surface area contributed by atoms with Crippen LogP contribution in [0, 0.1) is 6.92 Å². The van der Waals surface area contributed by atoms with Gasteiger partial charge in [-0.15, -0.1) is 11.3 Å². The first-order valence-corrected chi connectivity index (χ1v) is 8.22. The zero-order chi connectivity index (χ0) is 19.5. The molecule has 0 fully saturated rings. The summed E-state index contributed by atoms with van der Waals surface area (Å²) in [6.07, 6.45) is -3.89. The van der Waals surface area contributed by atoms with Gasteiger partial charge >= 0.3 is 17.8 Å². The lowest BCUT2D eigenvalue weighted by Gasteiger charge is -2.34. The Bertz CT molecular complexity index is 810. The van der Waals surface area contributed by atoms with Crippen molar-refractivity contribution in [2.75, 3.05) is 12.4 Å². The highest BCUT2D eigenvalue weighted by Gasteiger charge is 2.64. The number of hydrogen-bond acceptors (Lipinski definition) is 6. The average molecular weight is 408 g/mol. The molecule has 1 aromatic heterocycles. The van der Waals surface area contributed by atoms with Crippen LogP contribution in [0.25, 0.3) is 0 Å². The smallest absolute Gasteiger partial charge is 0.442 e. The number of carbonyl (C=O) groups is 2. The van der Waals surface area contributed by atoms with Gasteiger partial charge in [0.15, 0.2) is 5.13 Å². The maximum absolute atomic E-state index is 13.8. The van der Waals surface area contributed by atoms with Crippen LogP contribution in [0.1, 0.15) is 15.2 Å². The number of anilines is 1. The van der Waals surface area contributed by atoms with Crippen LogP contribution in [0.3, 0.4) is 0 Å². The number of benzene rings is 1. The topological polar surface area (TPSA) is 80.3 Å². The number of nitrogens with zero attached hydrogens (tertiary/aromatic N) is 1. The Balaban J connectivity index is 2.45. The van der Waals surface area contributed by atoms with E-state index < -0.39 is 23.7 Å². The Hall–Kier alpha value is -2.33. The van der Waals surface area contributed by atoms with Gasteiger partial charge in [-0.1, -0.05) is 11.6 Å². The van der Waals surface area contributed by atoms with Crippen LogP contribution in [0.4, 0.5) is 18.3 Å². The molecule has 0 spiro atoms. The molecule has 0 aliphatic heterocycles. The standard InChI is InChI=1S/C15H13ClF3N3O3S/c1-8-7-20-13(26-8)22-14(12(24)25-2,15(17,18)19)21-11(23)9-3-5-10(16)6-4-9/h3-7H,1-2H3,(H,20,22)(H,21,23). The lowest BCUT2D eigenvalue weighted by molar-refractivity contribution is -0.203. The molecule has 26 heavy (non-hydrogen) atoms. The van der Waals surface area contributed by atoms with Crippen LogP contribution in [0.15, 0.2) is 30.5 Å². The summed E-state index contributed by atoms with van der Waals surface area (Å²) >= 11 is 6.58. The molecule has 1 unspecified atom stereocenters. The van der Waals surface area contributed by atoms with Crippen molar-refractivity contribution in [1.29, 1.82) is 0 Å². The minimum absolute atomic E-state index is 0.121. The quantitative estimate of drug-likeness (QED) is 0.586. The van der Waals surface area contributed by atoms with Crippen molar-refractivity contribution in [3.05, 3.63) is 45.9 Å². The van der Waals surface area contributed by atoms with E-state index in [0.29, 0.717) is 9.90 Å². The second-order valence-corrected chi connectivity index (χ2v) is 6.77. The highest BCUT2D eigenvalue weighted by Crippen LogP contribution is 2.34. The Morgan fingerprint density at radius 2 is 1.85 bits per heavy atom. The number of methoxy groups -OCH3 is 1. The fourth-order valence-corrected chi connectivity index (χ4v) is 2.81. The van der Waals surface area contributed by atoms with Gasteiger partial charge in [-0.25, -0.2) is 9.78 Å². The summed E-state index contributed by atoms with van der Waals surface area (Å²) in [7, 11) is 0.784. The van der Waals surface area contributed by atoms with Gasteiger partial charge < -0.3 is 15.4 Å². The van der Waals surface area contributed by atoms with Gasteiger partial charge in [0, 0.05) is 21.7 Å². The van der Waals surface area contributed by atoms with Gasteiger partial charge in [0.05, 0.1) is 7.11 Å². The molecule has 1 atom stereocenters. The van der Waals surface area contributed by atoms with Crippen molar-refractivity contribution in [2.45, 2.75) is 18.8 Å². The number of aryl methyl sites for hydroxylation is 1. The number of amides is 1. The number of hydrogen-bond donors (Lipinski definition) is 2. The Kier molecular flexibility index (Phi) is 5.77. The minimum Gasteiger partial charge on any atom is -0.466 e. The molecule has 11 heteroatoms. The van der Waals surface area contributed by atoms with E-state index in [1.165, 1.54) is 30.5 Å². The molecule has 2 aromatic rings. The zero-order valence-electron chi connectivity index (χ0n) is 13.5. The van der Waals surface area contributed by atoms with Crippen LogP contribution < -0.4 is 10.6 Å². The van der Waals surface area contributed by atoms with Gasteiger partial charge in [0.2, 0.25) is 0 Å². The molecule has 0 saturated carbocycles. The summed E-state index contributed by atoms with van der Waals surface area (Å²) in [6.45, 7) is 1.63. The molecule has 140 valence electrons. The monoisotopic (exact) mass is 407 g/mol. The number of rotatable bonds is 5. The lowest BCUT2D eigenvalue weighted by Crippen LogP contribution is -2.69. The van der Waals surface area contributed by atoms with E-state index in [9.17, 15) is 22.8 Å². The predicted octanol–water partition coefficient (Wildman–Crippen LogP) is 3.38. The summed E-state index contributed by atoms with van der Waals surface area (Å²) < 4.78 is 45.8. The average Bonchev–Trinajstić information content (AvgIpc) is 2.97. The molecule has 0 bridgehead atoms. The molecule has 2 N–H and O–H groups in total. The second-order valence-electron chi connectivity index (χ2n) is 5.10. The van der Waals surface area contributed by atoms with Gasteiger partial charge in [-0.2, -0.15) is 13.2 Å². The van der Waals surface area contributed by atoms with Crippen LogP contribution in [0.5, 0.6) is 0 Å². The van der Waals surface area contributed by atoms with Gasteiger partial charge in [-0.3, -0.25) is 4.79 Å². The Labute approximate surface area is 155 Å². The largest absolute Gasteiger partial charge is 0.466 e. The summed E-state index contributed by atoms with van der Waals surface area (Å²) in [5.74, 6) is -2.88. The second kappa shape index (κ2) is 7.50. The normalized spacial score (nSPS) is 13.6. The van der Waals surface area contributed by atoms with E-state index in [2.05, 4.69) is 9.72 Å². The molecular weight excluding hydrogens is 395 g/mol. The van der Waals surface area contributed by atoms with Crippen molar-refractivity contribution >= 4 is 39.9 Å². The van der Waals surface area contributed by atoms with Crippen molar-refractivity contribution < 1.29 is 27.5 Å². The first-order valence-electron chi connectivity index (χ1n) is 7.03. The molecular formula is C15H13ClF3N3O3S. The molecule has 0 aliphatic rings. The summed E-state index contributed by atoms with van der Waals surface area (Å²) in [6, 6.07) is 5.12. The first-order chi connectivity index (χ1) is 12.1. The van der Waals surface area contributed by atoms with Crippen LogP contribution in [-0.2, 0) is 9.53 Å². The number of halogens is 4. The molecule has 6 nitrogen and oxygen atoms in total. The molecule has 0 aliphatic carbocycles. The van der Waals surface area contributed by atoms with Crippen LogP contribution in [0.2, 0.25) is 5.02 Å². The summed E-state index contributed by atoms with van der Waals surface area (Å²) in [4.78, 5) is 28.7. The van der Waals surface area contributed by atoms with Gasteiger partial charge in [0.25, 0.3) is 5.91 Å². The zero-order valence-corrected chi connectivity index (χ0v) is 15.1. The van der Waals surface area contributed by atoms with E-state index in [1.807, 2.05) is 5.32 Å². The molecule has 1 aromatic carbocycles. The van der Waals surface area contributed by atoms with Crippen LogP contribution >= 0.6 is 22.9 Å². The number of thiazole rings is 1. The Morgan fingerprint density at radius 1 is 1.23 bits per heavy atom. The first kappa shape index (κ1) is 20.0. The summed E-state index contributed by atoms with van der Waals surface area (Å²) in [5, 5.41) is 3.75. The molecule has 1 amide bonds. The molecule has 0 radical (unpaired) electrons. The number of alkyl halides is 3. The third-order valence-corrected chi connectivity index (χ3v) is 4.32. The number of esters is 1. The third-order valence-electron chi connectivity index (χ3n) is 3.24. The number of ether oxygens (including phenoxy) is 1. The minimum atomic E-state index is -5.22. The molecule has 0 saturated heterocycles. The van der Waals surface area contributed by atoms with Gasteiger partial charge in [0.1, 0.15) is 0 Å². The molecule has 1 heterocycles. The SMILES string of the molecule is COC(=O)C(NC(=O)c1ccc(Cl)cc1)(Nc1ncc(C)s1)C(F)(F)F. The lowest BCUT2D eigenvalue weighted by atomic mass is 10.1. The fraction of sp³-hybridized carbons (Fsp3) is 0.267. The predicted molar refractivity (Wildman–Crippen MR) is 90.2 cm³/mol. The highest BCUT2D eigenvalue weighted by atomic mass is 35.5. The number of carbonyl (C=O) groups excluding carboxylic acids is 2. The van der Waals surface area contributed by atoms with E-state index in [0.717, 1.165) is 18.4 Å². The summed E-state index contributed by atoms with van der Waals surface area (Å²) in [5.41, 5.74) is -3.63. The van der Waals surface area contributed by atoms with E-state index >= 15 is 0 Å². The fourth-order valence-electron chi connectivity index (χ4n) is 1.96. The van der Waals surface area contributed by atoms with Crippen molar-refractivity contribution in [3.63, 3.8) is 0 Å².